The van der Waals surface area contributed by atoms with Crippen molar-refractivity contribution in [1.82, 2.24) is 4.90 Å². The molecule has 3 heteroatoms. The van der Waals surface area contributed by atoms with Crippen LogP contribution in [0.3, 0.4) is 0 Å². The summed E-state index contributed by atoms with van der Waals surface area (Å²) in [5.74, 6) is -0.530. The van der Waals surface area contributed by atoms with Crippen LogP contribution < -0.4 is 0 Å². The molecule has 1 fully saturated rings. The van der Waals surface area contributed by atoms with Crippen LogP contribution in [0.15, 0.2) is 0 Å². The molecule has 1 rings (SSSR count). The highest BCUT2D eigenvalue weighted by atomic mass is 16.2. The summed E-state index contributed by atoms with van der Waals surface area (Å²) in [6, 6.07) is 2.35. The van der Waals surface area contributed by atoms with Gasteiger partial charge in [-0.15, -0.1) is 0 Å². The summed E-state index contributed by atoms with van der Waals surface area (Å²) in [4.78, 5) is 13.1. The van der Waals surface area contributed by atoms with Gasteiger partial charge in [0.05, 0.1) is 6.07 Å². The molecular weight excluding hydrogens is 152 g/mol. The fourth-order valence-corrected chi connectivity index (χ4v) is 1.31. The van der Waals surface area contributed by atoms with E-state index in [0.717, 1.165) is 12.8 Å². The van der Waals surface area contributed by atoms with Crippen LogP contribution in [0.2, 0.25) is 0 Å². The summed E-state index contributed by atoms with van der Waals surface area (Å²) in [5.41, 5.74) is 0. The van der Waals surface area contributed by atoms with Crippen molar-refractivity contribution < 1.29 is 4.79 Å². The summed E-state index contributed by atoms with van der Waals surface area (Å²) in [5, 5.41) is 8.53. The third kappa shape index (κ3) is 1.58. The van der Waals surface area contributed by atoms with Gasteiger partial charge in [0.2, 0.25) is 5.91 Å². The Hall–Kier alpha value is -1.04. The van der Waals surface area contributed by atoms with E-state index in [2.05, 4.69) is 0 Å². The molecule has 3 nitrogen and oxygen atoms in total. The molecule has 0 aromatic rings. The number of rotatable bonds is 2. The molecule has 0 spiro atoms. The number of amides is 1. The average molecular weight is 166 g/mol. The second kappa shape index (κ2) is 3.57. The van der Waals surface area contributed by atoms with Gasteiger partial charge in [-0.05, 0) is 26.2 Å². The number of hydrogen-bond acceptors (Lipinski definition) is 2. The van der Waals surface area contributed by atoms with E-state index in [1.807, 2.05) is 6.07 Å². The average Bonchev–Trinajstić information content (AvgIpc) is 1.98. The molecule has 12 heavy (non-hydrogen) atoms. The van der Waals surface area contributed by atoms with Crippen molar-refractivity contribution in [2.24, 2.45) is 5.92 Å². The van der Waals surface area contributed by atoms with E-state index in [4.69, 9.17) is 5.26 Å². The molecule has 0 aliphatic heterocycles. The van der Waals surface area contributed by atoms with Gasteiger partial charge in [0, 0.05) is 13.1 Å². The van der Waals surface area contributed by atoms with Gasteiger partial charge in [-0.3, -0.25) is 4.79 Å². The summed E-state index contributed by atoms with van der Waals surface area (Å²) >= 11 is 0. The van der Waals surface area contributed by atoms with Crippen molar-refractivity contribution in [3.63, 3.8) is 0 Å². The highest BCUT2D eigenvalue weighted by molar-refractivity contribution is 5.80. The van der Waals surface area contributed by atoms with E-state index in [0.29, 0.717) is 6.04 Å². The minimum atomic E-state index is -0.490. The third-order valence-corrected chi connectivity index (χ3v) is 2.53. The number of nitrogens with zero attached hydrogens (tertiary/aromatic N) is 2. The maximum Gasteiger partial charge on any atom is 0.239 e. The molecule has 1 aliphatic rings. The molecule has 0 aromatic carbocycles. The Bertz CT molecular complexity index is 215. The number of nitriles is 1. The first-order valence-electron chi connectivity index (χ1n) is 4.33. The maximum atomic E-state index is 11.4. The Balaban J connectivity index is 2.46. The smallest absolute Gasteiger partial charge is 0.239 e. The zero-order valence-electron chi connectivity index (χ0n) is 7.58. The first-order valence-corrected chi connectivity index (χ1v) is 4.33. The SMILES string of the molecule is CC(C#N)C(=O)N(C)C1CCC1. The molecule has 1 atom stereocenters. The van der Waals surface area contributed by atoms with E-state index in [1.54, 1.807) is 18.9 Å². The van der Waals surface area contributed by atoms with Gasteiger partial charge in [0.25, 0.3) is 0 Å². The molecule has 0 saturated heterocycles. The summed E-state index contributed by atoms with van der Waals surface area (Å²) < 4.78 is 0. The largest absolute Gasteiger partial charge is 0.342 e. The van der Waals surface area contributed by atoms with Crippen LogP contribution in [0.25, 0.3) is 0 Å². The number of carbonyl (C=O) groups is 1. The minimum absolute atomic E-state index is 0.0396. The Morgan fingerprint density at radius 2 is 2.25 bits per heavy atom. The topological polar surface area (TPSA) is 44.1 Å². The van der Waals surface area contributed by atoms with Crippen LogP contribution >= 0.6 is 0 Å². The van der Waals surface area contributed by atoms with E-state index in [9.17, 15) is 4.79 Å². The molecule has 0 N–H and O–H groups in total. The van der Waals surface area contributed by atoms with Crippen LogP contribution in [0, 0.1) is 17.2 Å². The molecule has 1 unspecified atom stereocenters. The molecule has 0 aromatic heterocycles. The van der Waals surface area contributed by atoms with Crippen LogP contribution in [0.4, 0.5) is 0 Å². The Morgan fingerprint density at radius 3 is 2.58 bits per heavy atom. The highest BCUT2D eigenvalue weighted by Crippen LogP contribution is 2.24. The number of carbonyl (C=O) groups excluding carboxylic acids is 1. The maximum absolute atomic E-state index is 11.4. The van der Waals surface area contributed by atoms with Gasteiger partial charge >= 0.3 is 0 Å². The van der Waals surface area contributed by atoms with Gasteiger partial charge in [-0.2, -0.15) is 5.26 Å². The normalized spacial score (nSPS) is 19.1. The van der Waals surface area contributed by atoms with Gasteiger partial charge in [-0.1, -0.05) is 0 Å². The Kier molecular flexibility index (Phi) is 2.69. The van der Waals surface area contributed by atoms with E-state index >= 15 is 0 Å². The second-order valence-electron chi connectivity index (χ2n) is 3.38. The van der Waals surface area contributed by atoms with Gasteiger partial charge in [0.15, 0.2) is 0 Å². The first-order chi connectivity index (χ1) is 5.66. The molecule has 66 valence electrons. The van der Waals surface area contributed by atoms with Crippen LogP contribution in [-0.2, 0) is 4.79 Å². The zero-order valence-corrected chi connectivity index (χ0v) is 7.58. The van der Waals surface area contributed by atoms with E-state index in [1.165, 1.54) is 6.42 Å². The molecule has 0 radical (unpaired) electrons. The minimum Gasteiger partial charge on any atom is -0.342 e. The quantitative estimate of drug-likeness (QED) is 0.617. The summed E-state index contributed by atoms with van der Waals surface area (Å²) in [6.45, 7) is 1.65. The monoisotopic (exact) mass is 166 g/mol. The van der Waals surface area contributed by atoms with Crippen LogP contribution in [-0.4, -0.2) is 23.9 Å². The van der Waals surface area contributed by atoms with Crippen LogP contribution in [0.1, 0.15) is 26.2 Å². The third-order valence-electron chi connectivity index (χ3n) is 2.53. The summed E-state index contributed by atoms with van der Waals surface area (Å²) in [7, 11) is 1.79. The lowest BCUT2D eigenvalue weighted by atomic mass is 9.91. The lowest BCUT2D eigenvalue weighted by Gasteiger charge is -2.35. The van der Waals surface area contributed by atoms with Crippen molar-refractivity contribution >= 4 is 5.91 Å². The van der Waals surface area contributed by atoms with Crippen molar-refractivity contribution in [3.05, 3.63) is 0 Å². The predicted molar refractivity (Wildman–Crippen MR) is 45.2 cm³/mol. The lowest BCUT2D eigenvalue weighted by molar-refractivity contribution is -0.135. The van der Waals surface area contributed by atoms with Gasteiger partial charge < -0.3 is 4.90 Å². The fourth-order valence-electron chi connectivity index (χ4n) is 1.31. The van der Waals surface area contributed by atoms with Crippen LogP contribution in [0.5, 0.6) is 0 Å². The predicted octanol–water partition coefficient (Wildman–Crippen LogP) is 1.16. The van der Waals surface area contributed by atoms with Crippen molar-refractivity contribution in [3.8, 4) is 6.07 Å². The molecular formula is C9H14N2O. The molecule has 0 heterocycles. The Labute approximate surface area is 73.0 Å². The molecule has 0 bridgehead atoms. The Morgan fingerprint density at radius 1 is 1.67 bits per heavy atom. The first kappa shape index (κ1) is 9.05. The molecule has 1 saturated carbocycles. The van der Waals surface area contributed by atoms with Gasteiger partial charge in [0.1, 0.15) is 5.92 Å². The van der Waals surface area contributed by atoms with Crippen molar-refractivity contribution in [1.29, 1.82) is 5.26 Å². The summed E-state index contributed by atoms with van der Waals surface area (Å²) in [6.07, 6.45) is 3.41. The molecule has 1 amide bonds. The van der Waals surface area contributed by atoms with E-state index < -0.39 is 5.92 Å². The zero-order chi connectivity index (χ0) is 9.14. The molecule has 1 aliphatic carbocycles. The number of hydrogen-bond donors (Lipinski definition) is 0. The second-order valence-corrected chi connectivity index (χ2v) is 3.38. The highest BCUT2D eigenvalue weighted by Gasteiger charge is 2.27. The standard InChI is InChI=1S/C9H14N2O/c1-7(6-10)9(12)11(2)8-4-3-5-8/h7-8H,3-5H2,1-2H3. The van der Waals surface area contributed by atoms with Crippen molar-refractivity contribution in [2.45, 2.75) is 32.2 Å². The van der Waals surface area contributed by atoms with Gasteiger partial charge in [-0.25, -0.2) is 0 Å². The van der Waals surface area contributed by atoms with Crippen molar-refractivity contribution in [2.75, 3.05) is 7.05 Å². The lowest BCUT2D eigenvalue weighted by Crippen LogP contribution is -2.43. The van der Waals surface area contributed by atoms with E-state index in [-0.39, 0.29) is 5.91 Å². The fraction of sp³-hybridized carbons (Fsp3) is 0.778.